The maximum atomic E-state index is 10.7. The second kappa shape index (κ2) is 5.64. The maximum absolute atomic E-state index is 10.7. The van der Waals surface area contributed by atoms with Gasteiger partial charge in [-0.05, 0) is 6.07 Å². The van der Waals surface area contributed by atoms with Crippen LogP contribution in [0.3, 0.4) is 0 Å². The second-order valence-electron chi connectivity index (χ2n) is 3.56. The van der Waals surface area contributed by atoms with Gasteiger partial charge in [0.25, 0.3) is 5.69 Å². The highest BCUT2D eigenvalue weighted by Gasteiger charge is 2.25. The third-order valence-corrected chi connectivity index (χ3v) is 2.55. The van der Waals surface area contributed by atoms with E-state index in [1.54, 1.807) is 6.07 Å². The summed E-state index contributed by atoms with van der Waals surface area (Å²) >= 11 is 5.67. The Bertz CT molecular complexity index is 515. The standard InChI is InChI=1S/C10H10ClN3O4/c11-5-3-6(10(16)8(15)1-2-12)9(13)7(4-5)14(17)18/h3-4,8,10,15-16H,1,13H2. The van der Waals surface area contributed by atoms with Crippen molar-refractivity contribution in [3.8, 4) is 6.07 Å². The molecule has 0 spiro atoms. The van der Waals surface area contributed by atoms with Crippen LogP contribution in [0.5, 0.6) is 0 Å². The third kappa shape index (κ3) is 2.87. The van der Waals surface area contributed by atoms with Crippen LogP contribution < -0.4 is 5.73 Å². The minimum atomic E-state index is -1.51. The van der Waals surface area contributed by atoms with Crippen molar-refractivity contribution in [3.05, 3.63) is 32.8 Å². The lowest BCUT2D eigenvalue weighted by Gasteiger charge is -2.17. The Kier molecular flexibility index (Phi) is 4.44. The van der Waals surface area contributed by atoms with E-state index in [2.05, 4.69) is 0 Å². The lowest BCUT2D eigenvalue weighted by Crippen LogP contribution is -2.19. The Morgan fingerprint density at radius 1 is 1.56 bits per heavy atom. The van der Waals surface area contributed by atoms with Crippen molar-refractivity contribution in [1.82, 2.24) is 0 Å². The highest BCUT2D eigenvalue weighted by atomic mass is 35.5. The highest BCUT2D eigenvalue weighted by Crippen LogP contribution is 2.34. The molecule has 4 N–H and O–H groups in total. The summed E-state index contributed by atoms with van der Waals surface area (Å²) in [6, 6.07) is 3.93. The van der Waals surface area contributed by atoms with E-state index < -0.39 is 22.8 Å². The van der Waals surface area contributed by atoms with Crippen LogP contribution in [0, 0.1) is 21.4 Å². The average molecular weight is 272 g/mol. The second-order valence-corrected chi connectivity index (χ2v) is 4.00. The van der Waals surface area contributed by atoms with Gasteiger partial charge in [0.15, 0.2) is 0 Å². The molecule has 96 valence electrons. The van der Waals surface area contributed by atoms with Crippen LogP contribution in [0.25, 0.3) is 0 Å². The van der Waals surface area contributed by atoms with E-state index in [0.29, 0.717) is 0 Å². The molecule has 1 rings (SSSR count). The summed E-state index contributed by atoms with van der Waals surface area (Å²) < 4.78 is 0. The number of nitrogens with zero attached hydrogens (tertiary/aromatic N) is 2. The lowest BCUT2D eigenvalue weighted by atomic mass is 10.00. The van der Waals surface area contributed by atoms with E-state index >= 15 is 0 Å². The molecule has 0 aliphatic rings. The summed E-state index contributed by atoms with van der Waals surface area (Å²) in [7, 11) is 0. The summed E-state index contributed by atoms with van der Waals surface area (Å²) in [6.45, 7) is 0. The van der Waals surface area contributed by atoms with Gasteiger partial charge in [0.2, 0.25) is 0 Å². The number of nitriles is 1. The number of nitrogens with two attached hydrogens (primary N) is 1. The van der Waals surface area contributed by atoms with Gasteiger partial charge in [0.05, 0.1) is 23.5 Å². The number of nitro groups is 1. The quantitative estimate of drug-likeness (QED) is 0.427. The van der Waals surface area contributed by atoms with Crippen molar-refractivity contribution in [2.75, 3.05) is 5.73 Å². The first-order valence-electron chi connectivity index (χ1n) is 4.84. The summed E-state index contributed by atoms with van der Waals surface area (Å²) in [5, 5.41) is 38.4. The predicted octanol–water partition coefficient (Wildman–Crippen LogP) is 1.14. The Morgan fingerprint density at radius 2 is 2.17 bits per heavy atom. The number of halogens is 1. The minimum Gasteiger partial charge on any atom is -0.393 e. The van der Waals surface area contributed by atoms with Crippen molar-refractivity contribution in [1.29, 1.82) is 5.26 Å². The highest BCUT2D eigenvalue weighted by molar-refractivity contribution is 6.31. The molecule has 7 nitrogen and oxygen atoms in total. The van der Waals surface area contributed by atoms with Crippen molar-refractivity contribution in [2.45, 2.75) is 18.6 Å². The van der Waals surface area contributed by atoms with Crippen molar-refractivity contribution >= 4 is 23.0 Å². The molecular weight excluding hydrogens is 262 g/mol. The summed E-state index contributed by atoms with van der Waals surface area (Å²) in [6.07, 6.45) is -3.24. The van der Waals surface area contributed by atoms with Gasteiger partial charge < -0.3 is 15.9 Å². The van der Waals surface area contributed by atoms with E-state index in [9.17, 15) is 20.3 Å². The van der Waals surface area contributed by atoms with Gasteiger partial charge in [-0.3, -0.25) is 10.1 Å². The molecule has 0 saturated heterocycles. The SMILES string of the molecule is N#CCC(O)C(O)c1cc(Cl)cc([N+](=O)[O-])c1N. The van der Waals surface area contributed by atoms with Crippen LogP contribution in [0.4, 0.5) is 11.4 Å². The summed E-state index contributed by atoms with van der Waals surface area (Å²) in [4.78, 5) is 9.97. The third-order valence-electron chi connectivity index (χ3n) is 2.34. The number of rotatable bonds is 4. The molecule has 8 heteroatoms. The number of nitrogen functional groups attached to an aromatic ring is 1. The Labute approximate surface area is 107 Å². The fourth-order valence-corrected chi connectivity index (χ4v) is 1.65. The van der Waals surface area contributed by atoms with Crippen LogP contribution in [0.1, 0.15) is 18.1 Å². The molecule has 1 aromatic carbocycles. The molecule has 0 saturated carbocycles. The molecule has 0 fully saturated rings. The first-order chi connectivity index (χ1) is 8.38. The van der Waals surface area contributed by atoms with Gasteiger partial charge in [0.1, 0.15) is 11.8 Å². The Morgan fingerprint density at radius 3 is 2.67 bits per heavy atom. The normalized spacial score (nSPS) is 13.7. The molecule has 2 unspecified atom stereocenters. The molecule has 0 bridgehead atoms. The number of hydrogen-bond acceptors (Lipinski definition) is 6. The smallest absolute Gasteiger partial charge is 0.293 e. The molecule has 0 aliphatic carbocycles. The zero-order valence-corrected chi connectivity index (χ0v) is 9.83. The summed E-state index contributed by atoms with van der Waals surface area (Å²) in [5.41, 5.74) is 4.72. The van der Waals surface area contributed by atoms with Gasteiger partial charge in [-0.15, -0.1) is 0 Å². The van der Waals surface area contributed by atoms with E-state index in [-0.39, 0.29) is 22.7 Å². The fourth-order valence-electron chi connectivity index (χ4n) is 1.43. The number of anilines is 1. The van der Waals surface area contributed by atoms with Crippen molar-refractivity contribution < 1.29 is 15.1 Å². The van der Waals surface area contributed by atoms with E-state index in [0.717, 1.165) is 6.07 Å². The zero-order chi connectivity index (χ0) is 13.9. The predicted molar refractivity (Wildman–Crippen MR) is 63.7 cm³/mol. The van der Waals surface area contributed by atoms with Crippen LogP contribution in [0.2, 0.25) is 5.02 Å². The first-order valence-corrected chi connectivity index (χ1v) is 5.22. The van der Waals surface area contributed by atoms with Crippen LogP contribution in [-0.2, 0) is 0 Å². The molecular formula is C10H10ClN3O4. The van der Waals surface area contributed by atoms with Gasteiger partial charge in [0, 0.05) is 16.7 Å². The van der Waals surface area contributed by atoms with Crippen LogP contribution in [-0.4, -0.2) is 21.2 Å². The number of benzene rings is 1. The van der Waals surface area contributed by atoms with Gasteiger partial charge in [-0.1, -0.05) is 11.6 Å². The topological polar surface area (TPSA) is 133 Å². The molecule has 2 atom stereocenters. The van der Waals surface area contributed by atoms with Crippen LogP contribution >= 0.6 is 11.6 Å². The molecule has 0 aromatic heterocycles. The van der Waals surface area contributed by atoms with E-state index in [4.69, 9.17) is 22.6 Å². The lowest BCUT2D eigenvalue weighted by molar-refractivity contribution is -0.384. The molecule has 1 aromatic rings. The monoisotopic (exact) mass is 271 g/mol. The minimum absolute atomic E-state index is 0.00843. The van der Waals surface area contributed by atoms with E-state index in [1.165, 1.54) is 6.07 Å². The molecule has 0 aliphatic heterocycles. The Balaban J connectivity index is 3.25. The van der Waals surface area contributed by atoms with Gasteiger partial charge in [-0.25, -0.2) is 0 Å². The first kappa shape index (κ1) is 14.2. The van der Waals surface area contributed by atoms with Crippen LogP contribution in [0.15, 0.2) is 12.1 Å². The number of aliphatic hydroxyl groups excluding tert-OH is 2. The van der Waals surface area contributed by atoms with Crippen molar-refractivity contribution in [3.63, 3.8) is 0 Å². The largest absolute Gasteiger partial charge is 0.393 e. The zero-order valence-electron chi connectivity index (χ0n) is 9.08. The maximum Gasteiger partial charge on any atom is 0.293 e. The number of hydrogen-bond donors (Lipinski definition) is 3. The number of aliphatic hydroxyl groups is 2. The van der Waals surface area contributed by atoms with Gasteiger partial charge >= 0.3 is 0 Å². The molecule has 18 heavy (non-hydrogen) atoms. The molecule has 0 heterocycles. The van der Waals surface area contributed by atoms with Gasteiger partial charge in [-0.2, -0.15) is 5.26 Å². The van der Waals surface area contributed by atoms with Crippen molar-refractivity contribution in [2.24, 2.45) is 0 Å². The average Bonchev–Trinajstić information content (AvgIpc) is 2.30. The molecule has 0 radical (unpaired) electrons. The Hall–Kier alpha value is -1.88. The molecule has 0 amide bonds. The number of nitro benzene ring substituents is 1. The summed E-state index contributed by atoms with van der Waals surface area (Å²) in [5.74, 6) is 0. The van der Waals surface area contributed by atoms with E-state index in [1.807, 2.05) is 0 Å². The fraction of sp³-hybridized carbons (Fsp3) is 0.300.